The Balaban J connectivity index is 1.16. The zero-order valence-corrected chi connectivity index (χ0v) is 20.9. The lowest BCUT2D eigenvalue weighted by atomic mass is 9.81. The lowest BCUT2D eigenvalue weighted by molar-refractivity contribution is 0.266. The van der Waals surface area contributed by atoms with E-state index in [0.29, 0.717) is 0 Å². The summed E-state index contributed by atoms with van der Waals surface area (Å²) < 4.78 is 0. The standard InChI is InChI=1S/C26H32S4/c27-13-17-5-1-3-7-19(17)15-29-22-11-23-21-9-25(24(23)12-22)26(10-21)30-16-20-8-4-2-6-18(20)14-28/h1-8,21-28H,9-16H2. The first-order chi connectivity index (χ1) is 14.8. The number of thioether (sulfide) groups is 2. The van der Waals surface area contributed by atoms with Crippen LogP contribution in [0.25, 0.3) is 0 Å². The number of hydrogen-bond donors (Lipinski definition) is 2. The van der Waals surface area contributed by atoms with Crippen LogP contribution in [0.3, 0.4) is 0 Å². The second-order valence-corrected chi connectivity index (χ2v) is 12.5. The Labute approximate surface area is 201 Å². The summed E-state index contributed by atoms with van der Waals surface area (Å²) in [5.41, 5.74) is 5.81. The number of rotatable bonds is 8. The molecule has 0 nitrogen and oxygen atoms in total. The van der Waals surface area contributed by atoms with E-state index in [9.17, 15) is 0 Å². The van der Waals surface area contributed by atoms with Crippen molar-refractivity contribution in [1.29, 1.82) is 0 Å². The van der Waals surface area contributed by atoms with Crippen molar-refractivity contribution < 1.29 is 0 Å². The Hall–Kier alpha value is -0.160. The number of fused-ring (bicyclic) bond motifs is 5. The summed E-state index contributed by atoms with van der Waals surface area (Å²) in [6.45, 7) is 0. The quantitative estimate of drug-likeness (QED) is 0.381. The summed E-state index contributed by atoms with van der Waals surface area (Å²) in [7, 11) is 0. The van der Waals surface area contributed by atoms with Crippen LogP contribution < -0.4 is 0 Å². The highest BCUT2D eigenvalue weighted by atomic mass is 32.2. The van der Waals surface area contributed by atoms with E-state index < -0.39 is 0 Å². The maximum atomic E-state index is 4.53. The van der Waals surface area contributed by atoms with Gasteiger partial charge in [-0.05, 0) is 71.6 Å². The van der Waals surface area contributed by atoms with Gasteiger partial charge < -0.3 is 0 Å². The van der Waals surface area contributed by atoms with Crippen LogP contribution in [0.1, 0.15) is 47.9 Å². The highest BCUT2D eigenvalue weighted by Crippen LogP contribution is 2.63. The average molecular weight is 473 g/mol. The molecule has 2 aromatic rings. The lowest BCUT2D eigenvalue weighted by Crippen LogP contribution is -2.26. The van der Waals surface area contributed by atoms with Crippen molar-refractivity contribution in [3.8, 4) is 0 Å². The van der Waals surface area contributed by atoms with E-state index in [-0.39, 0.29) is 0 Å². The molecule has 0 N–H and O–H groups in total. The minimum absolute atomic E-state index is 0.853. The van der Waals surface area contributed by atoms with E-state index in [4.69, 9.17) is 0 Å². The number of hydrogen-bond acceptors (Lipinski definition) is 4. The van der Waals surface area contributed by atoms with Gasteiger partial charge in [-0.3, -0.25) is 0 Å². The molecule has 6 unspecified atom stereocenters. The van der Waals surface area contributed by atoms with Crippen LogP contribution in [0.5, 0.6) is 0 Å². The van der Waals surface area contributed by atoms with Crippen LogP contribution in [0.4, 0.5) is 0 Å². The fraction of sp³-hybridized carbons (Fsp3) is 0.538. The zero-order chi connectivity index (χ0) is 20.5. The largest absolute Gasteiger partial charge is 0.175 e. The van der Waals surface area contributed by atoms with Gasteiger partial charge in [-0.2, -0.15) is 48.8 Å². The number of thiol groups is 2. The second-order valence-electron chi connectivity index (χ2n) is 9.33. The summed E-state index contributed by atoms with van der Waals surface area (Å²) in [5, 5.41) is 1.75. The summed E-state index contributed by atoms with van der Waals surface area (Å²) in [5.74, 6) is 8.04. The first-order valence-corrected chi connectivity index (χ1v) is 14.7. The molecule has 6 atom stereocenters. The van der Waals surface area contributed by atoms with Crippen molar-refractivity contribution in [2.45, 2.75) is 59.2 Å². The third-order valence-corrected chi connectivity index (χ3v) is 11.3. The van der Waals surface area contributed by atoms with Crippen molar-refractivity contribution in [2.75, 3.05) is 0 Å². The Morgan fingerprint density at radius 2 is 1.20 bits per heavy atom. The van der Waals surface area contributed by atoms with Gasteiger partial charge in [0.15, 0.2) is 0 Å². The first-order valence-electron chi connectivity index (χ1n) is 11.3. The molecule has 0 aromatic heterocycles. The van der Waals surface area contributed by atoms with Crippen molar-refractivity contribution in [2.24, 2.45) is 23.7 Å². The van der Waals surface area contributed by atoms with Gasteiger partial charge in [0.1, 0.15) is 0 Å². The topological polar surface area (TPSA) is 0 Å². The Kier molecular flexibility index (Phi) is 7.06. The minimum atomic E-state index is 0.853. The second kappa shape index (κ2) is 9.77. The highest BCUT2D eigenvalue weighted by molar-refractivity contribution is 7.99. The fourth-order valence-corrected chi connectivity index (χ4v) is 10.0. The molecule has 0 saturated heterocycles. The fourth-order valence-electron chi connectivity index (χ4n) is 6.40. The smallest absolute Gasteiger partial charge is 0.0190 e. The van der Waals surface area contributed by atoms with Gasteiger partial charge in [0, 0.05) is 33.5 Å². The molecule has 4 heteroatoms. The summed E-state index contributed by atoms with van der Waals surface area (Å²) >= 11 is 13.5. The van der Waals surface area contributed by atoms with Gasteiger partial charge in [-0.1, -0.05) is 48.5 Å². The van der Waals surface area contributed by atoms with Crippen molar-refractivity contribution >= 4 is 48.8 Å². The van der Waals surface area contributed by atoms with Gasteiger partial charge in [-0.25, -0.2) is 0 Å². The van der Waals surface area contributed by atoms with Crippen LogP contribution in [0, 0.1) is 23.7 Å². The van der Waals surface area contributed by atoms with Crippen LogP contribution in [0.2, 0.25) is 0 Å². The molecule has 30 heavy (non-hydrogen) atoms. The molecule has 2 bridgehead atoms. The Bertz CT molecular complexity index is 866. The molecular formula is C26H32S4. The maximum absolute atomic E-state index is 4.53. The van der Waals surface area contributed by atoms with Gasteiger partial charge in [0.2, 0.25) is 0 Å². The van der Waals surface area contributed by atoms with Gasteiger partial charge in [-0.15, -0.1) is 0 Å². The molecule has 3 aliphatic rings. The molecule has 2 aromatic carbocycles. The number of benzene rings is 2. The van der Waals surface area contributed by atoms with E-state index in [0.717, 1.165) is 51.4 Å². The van der Waals surface area contributed by atoms with Crippen LogP contribution in [0.15, 0.2) is 48.5 Å². The molecule has 3 saturated carbocycles. The summed E-state index contributed by atoms with van der Waals surface area (Å²) in [6.07, 6.45) is 5.92. The Morgan fingerprint density at radius 1 is 0.633 bits per heavy atom. The monoisotopic (exact) mass is 472 g/mol. The summed E-state index contributed by atoms with van der Waals surface area (Å²) in [4.78, 5) is 0. The van der Waals surface area contributed by atoms with Crippen molar-refractivity contribution in [1.82, 2.24) is 0 Å². The predicted octanol–water partition coefficient (Wildman–Crippen LogP) is 7.52. The Morgan fingerprint density at radius 3 is 1.83 bits per heavy atom. The van der Waals surface area contributed by atoms with Crippen LogP contribution >= 0.6 is 48.8 Å². The molecule has 0 radical (unpaired) electrons. The molecule has 5 rings (SSSR count). The van der Waals surface area contributed by atoms with Crippen molar-refractivity contribution in [3.63, 3.8) is 0 Å². The predicted molar refractivity (Wildman–Crippen MR) is 141 cm³/mol. The van der Waals surface area contributed by atoms with E-state index in [1.807, 2.05) is 0 Å². The van der Waals surface area contributed by atoms with E-state index in [1.165, 1.54) is 53.7 Å². The van der Waals surface area contributed by atoms with E-state index in [1.54, 1.807) is 0 Å². The molecule has 0 amide bonds. The average Bonchev–Trinajstić information content (AvgIpc) is 3.48. The third-order valence-electron chi connectivity index (χ3n) is 7.87. The molecule has 3 fully saturated rings. The van der Waals surface area contributed by atoms with E-state index in [2.05, 4.69) is 97.3 Å². The molecule has 160 valence electrons. The van der Waals surface area contributed by atoms with Gasteiger partial charge in [0.25, 0.3) is 0 Å². The maximum Gasteiger partial charge on any atom is 0.0190 e. The van der Waals surface area contributed by atoms with Crippen molar-refractivity contribution in [3.05, 3.63) is 70.8 Å². The lowest BCUT2D eigenvalue weighted by Gasteiger charge is -2.31. The normalized spacial score (nSPS) is 31.9. The minimum Gasteiger partial charge on any atom is -0.175 e. The van der Waals surface area contributed by atoms with Crippen LogP contribution in [-0.4, -0.2) is 10.5 Å². The molecular weight excluding hydrogens is 441 g/mol. The highest BCUT2D eigenvalue weighted by Gasteiger charge is 2.55. The van der Waals surface area contributed by atoms with Crippen LogP contribution in [-0.2, 0) is 23.0 Å². The summed E-state index contributed by atoms with van der Waals surface area (Å²) in [6, 6.07) is 17.7. The zero-order valence-electron chi connectivity index (χ0n) is 17.5. The third kappa shape index (κ3) is 4.36. The van der Waals surface area contributed by atoms with E-state index >= 15 is 0 Å². The van der Waals surface area contributed by atoms with Gasteiger partial charge in [0.05, 0.1) is 0 Å². The first kappa shape index (κ1) is 21.7. The molecule has 0 spiro atoms. The molecule has 0 heterocycles. The molecule has 0 aliphatic heterocycles. The SMILES string of the molecule is SCc1ccccc1CSC1CC2C3CC(SCc4ccccc4CS)C(C3)C2C1. The molecule has 3 aliphatic carbocycles. The van der Waals surface area contributed by atoms with Gasteiger partial charge >= 0.3 is 0 Å².